The van der Waals surface area contributed by atoms with Crippen molar-refractivity contribution in [3.8, 4) is 16.9 Å². The van der Waals surface area contributed by atoms with Crippen LogP contribution in [0.4, 0.5) is 5.82 Å². The van der Waals surface area contributed by atoms with E-state index in [4.69, 9.17) is 10.5 Å². The van der Waals surface area contributed by atoms with E-state index in [-0.39, 0.29) is 0 Å². The van der Waals surface area contributed by atoms with Gasteiger partial charge in [0.2, 0.25) is 0 Å². The van der Waals surface area contributed by atoms with E-state index < -0.39 is 5.91 Å². The molecular formula is C25H25N5O2. The van der Waals surface area contributed by atoms with Crippen molar-refractivity contribution in [3.05, 3.63) is 78.1 Å². The zero-order chi connectivity index (χ0) is 21.9. The second-order valence-electron chi connectivity index (χ2n) is 8.00. The minimum atomic E-state index is -0.523. The molecule has 1 aliphatic heterocycles. The molecule has 0 unspecified atom stereocenters. The lowest BCUT2D eigenvalue weighted by molar-refractivity contribution is 0.100. The molecule has 3 heterocycles. The molecule has 2 N–H and O–H groups in total. The molecule has 1 amide bonds. The normalized spacial score (nSPS) is 13.9. The molecule has 2 aromatic heterocycles. The maximum atomic E-state index is 11.8. The van der Waals surface area contributed by atoms with E-state index in [0.717, 1.165) is 54.2 Å². The molecule has 0 bridgehead atoms. The van der Waals surface area contributed by atoms with Gasteiger partial charge in [0.1, 0.15) is 23.7 Å². The van der Waals surface area contributed by atoms with E-state index >= 15 is 0 Å². The second kappa shape index (κ2) is 8.70. The number of aromatic nitrogens is 3. The second-order valence-corrected chi connectivity index (χ2v) is 8.00. The summed E-state index contributed by atoms with van der Waals surface area (Å²) in [6, 6.07) is 18.1. The molecule has 0 spiro atoms. The van der Waals surface area contributed by atoms with Crippen LogP contribution in [0.3, 0.4) is 0 Å². The Morgan fingerprint density at radius 3 is 2.44 bits per heavy atom. The van der Waals surface area contributed by atoms with Crippen LogP contribution in [0.5, 0.6) is 5.75 Å². The molecule has 7 nitrogen and oxygen atoms in total. The number of amides is 1. The van der Waals surface area contributed by atoms with Gasteiger partial charge in [0.15, 0.2) is 5.65 Å². The number of piperidine rings is 1. The number of carbonyl (C=O) groups is 1. The highest BCUT2D eigenvalue weighted by atomic mass is 16.5. The molecular weight excluding hydrogens is 402 g/mol. The van der Waals surface area contributed by atoms with Crippen molar-refractivity contribution in [1.82, 2.24) is 14.6 Å². The first kappa shape index (κ1) is 20.1. The van der Waals surface area contributed by atoms with E-state index in [2.05, 4.69) is 15.0 Å². The van der Waals surface area contributed by atoms with Gasteiger partial charge in [0.25, 0.3) is 5.91 Å². The molecule has 1 saturated heterocycles. The van der Waals surface area contributed by atoms with Crippen LogP contribution < -0.4 is 15.4 Å². The summed E-state index contributed by atoms with van der Waals surface area (Å²) in [5, 5.41) is 4.47. The number of carbonyl (C=O) groups excluding carboxylic acids is 1. The van der Waals surface area contributed by atoms with Gasteiger partial charge in [-0.25, -0.2) is 4.98 Å². The highest BCUT2D eigenvalue weighted by Crippen LogP contribution is 2.34. The Morgan fingerprint density at radius 2 is 1.72 bits per heavy atom. The number of hydrogen-bond donors (Lipinski definition) is 1. The van der Waals surface area contributed by atoms with Crippen LogP contribution in [0, 0.1) is 0 Å². The summed E-state index contributed by atoms with van der Waals surface area (Å²) >= 11 is 0. The number of anilines is 1. The SMILES string of the molecule is NC(=O)c1cnn2c(N3CCCCC3)c(-c3ccc(OCc4ccccc4)cc3)cnc12. The number of benzene rings is 2. The van der Waals surface area contributed by atoms with Crippen LogP contribution in [0.15, 0.2) is 67.0 Å². The molecule has 1 fully saturated rings. The van der Waals surface area contributed by atoms with Gasteiger partial charge >= 0.3 is 0 Å². The van der Waals surface area contributed by atoms with E-state index in [9.17, 15) is 4.79 Å². The fraction of sp³-hybridized carbons (Fsp3) is 0.240. The topological polar surface area (TPSA) is 85.8 Å². The van der Waals surface area contributed by atoms with Crippen LogP contribution in [0.25, 0.3) is 16.8 Å². The lowest BCUT2D eigenvalue weighted by Gasteiger charge is -2.30. The van der Waals surface area contributed by atoms with Crippen molar-refractivity contribution in [2.24, 2.45) is 5.73 Å². The van der Waals surface area contributed by atoms with E-state index in [1.54, 1.807) is 4.52 Å². The van der Waals surface area contributed by atoms with E-state index in [1.165, 1.54) is 12.6 Å². The maximum Gasteiger partial charge on any atom is 0.254 e. The average Bonchev–Trinajstić information content (AvgIpc) is 3.28. The van der Waals surface area contributed by atoms with E-state index in [1.807, 2.05) is 60.8 Å². The number of fused-ring (bicyclic) bond motifs is 1. The third-order valence-electron chi connectivity index (χ3n) is 5.84. The standard InChI is InChI=1S/C25H25N5O2/c26-23(31)22-16-28-30-24(22)27-15-21(25(30)29-13-5-2-6-14-29)19-9-11-20(12-10-19)32-17-18-7-3-1-4-8-18/h1,3-4,7-12,15-16H,2,5-6,13-14,17H2,(H2,26,31). The van der Waals surface area contributed by atoms with E-state index in [0.29, 0.717) is 17.8 Å². The minimum absolute atomic E-state index is 0.333. The fourth-order valence-electron chi connectivity index (χ4n) is 4.18. The van der Waals surface area contributed by atoms with Crippen LogP contribution in [0.2, 0.25) is 0 Å². The van der Waals surface area contributed by atoms with Crippen LogP contribution in [-0.4, -0.2) is 33.6 Å². The monoisotopic (exact) mass is 427 g/mol. The molecule has 0 atom stereocenters. The van der Waals surface area contributed by atoms with Gasteiger partial charge in [-0.3, -0.25) is 4.79 Å². The minimum Gasteiger partial charge on any atom is -0.489 e. The zero-order valence-electron chi connectivity index (χ0n) is 17.8. The van der Waals surface area contributed by atoms with Gasteiger partial charge in [-0.1, -0.05) is 42.5 Å². The molecule has 0 saturated carbocycles. The lowest BCUT2D eigenvalue weighted by atomic mass is 10.1. The molecule has 4 aromatic rings. The summed E-state index contributed by atoms with van der Waals surface area (Å²) in [5.41, 5.74) is 9.46. The Balaban J connectivity index is 1.49. The Labute approximate surface area is 186 Å². The molecule has 32 heavy (non-hydrogen) atoms. The third kappa shape index (κ3) is 3.89. The number of ether oxygens (including phenoxy) is 1. The van der Waals surface area contributed by atoms with Gasteiger partial charge in [0.05, 0.1) is 6.20 Å². The van der Waals surface area contributed by atoms with Crippen molar-refractivity contribution < 1.29 is 9.53 Å². The zero-order valence-corrected chi connectivity index (χ0v) is 17.8. The summed E-state index contributed by atoms with van der Waals surface area (Å²) in [5.74, 6) is 1.23. The van der Waals surface area contributed by atoms with Crippen molar-refractivity contribution in [1.29, 1.82) is 0 Å². The first-order valence-corrected chi connectivity index (χ1v) is 10.9. The quantitative estimate of drug-likeness (QED) is 0.501. The van der Waals surface area contributed by atoms with Gasteiger partial charge in [-0.05, 0) is 42.5 Å². The van der Waals surface area contributed by atoms with Gasteiger partial charge in [-0.2, -0.15) is 9.61 Å². The summed E-state index contributed by atoms with van der Waals surface area (Å²) in [4.78, 5) is 18.7. The molecule has 0 aliphatic carbocycles. The molecule has 0 radical (unpaired) electrons. The highest BCUT2D eigenvalue weighted by Gasteiger charge is 2.22. The predicted octanol–water partition coefficient (Wildman–Crippen LogP) is 4.06. The lowest BCUT2D eigenvalue weighted by Crippen LogP contribution is -2.32. The maximum absolute atomic E-state index is 11.8. The number of rotatable bonds is 6. The number of nitrogens with zero attached hydrogens (tertiary/aromatic N) is 4. The van der Waals surface area contributed by atoms with Gasteiger partial charge in [-0.15, -0.1) is 0 Å². The Kier molecular flexibility index (Phi) is 5.46. The number of nitrogens with two attached hydrogens (primary N) is 1. The Morgan fingerprint density at radius 1 is 0.969 bits per heavy atom. The predicted molar refractivity (Wildman–Crippen MR) is 124 cm³/mol. The van der Waals surface area contributed by atoms with Crippen molar-refractivity contribution in [3.63, 3.8) is 0 Å². The summed E-state index contributed by atoms with van der Waals surface area (Å²) < 4.78 is 7.68. The molecule has 1 aliphatic rings. The first-order chi connectivity index (χ1) is 15.7. The molecule has 7 heteroatoms. The first-order valence-electron chi connectivity index (χ1n) is 10.9. The van der Waals surface area contributed by atoms with Crippen LogP contribution >= 0.6 is 0 Å². The van der Waals surface area contributed by atoms with Crippen molar-refractivity contribution in [2.75, 3.05) is 18.0 Å². The summed E-state index contributed by atoms with van der Waals surface area (Å²) in [6.07, 6.45) is 6.79. The Bertz CT molecular complexity index is 1230. The number of hydrogen-bond acceptors (Lipinski definition) is 5. The smallest absolute Gasteiger partial charge is 0.254 e. The summed E-state index contributed by atoms with van der Waals surface area (Å²) in [7, 11) is 0. The van der Waals surface area contributed by atoms with Crippen molar-refractivity contribution in [2.45, 2.75) is 25.9 Å². The summed E-state index contributed by atoms with van der Waals surface area (Å²) in [6.45, 7) is 2.40. The third-order valence-corrected chi connectivity index (χ3v) is 5.84. The molecule has 162 valence electrons. The Hall–Kier alpha value is -3.87. The largest absolute Gasteiger partial charge is 0.489 e. The van der Waals surface area contributed by atoms with Gasteiger partial charge in [0, 0.05) is 24.8 Å². The van der Waals surface area contributed by atoms with Crippen LogP contribution in [0.1, 0.15) is 35.2 Å². The van der Waals surface area contributed by atoms with Crippen LogP contribution in [-0.2, 0) is 6.61 Å². The fourth-order valence-corrected chi connectivity index (χ4v) is 4.18. The molecule has 5 rings (SSSR count). The van der Waals surface area contributed by atoms with Crippen molar-refractivity contribution >= 4 is 17.4 Å². The molecule has 2 aromatic carbocycles. The number of primary amides is 1. The van der Waals surface area contributed by atoms with Gasteiger partial charge < -0.3 is 15.4 Å². The highest BCUT2D eigenvalue weighted by molar-refractivity contribution is 5.99. The average molecular weight is 428 g/mol.